The number of nitrogens with zero attached hydrogens (tertiary/aromatic N) is 1. The van der Waals surface area contributed by atoms with E-state index in [1.165, 1.54) is 4.46 Å². The normalized spacial score (nSPS) is 11.2. The van der Waals surface area contributed by atoms with Gasteiger partial charge in [-0.3, -0.25) is 0 Å². The molecule has 140 valence electrons. The molecule has 5 rings (SSSR count). The van der Waals surface area contributed by atoms with Crippen molar-refractivity contribution in [2.24, 2.45) is 0 Å². The molecule has 0 unspecified atom stereocenters. The molecule has 1 heterocycles. The van der Waals surface area contributed by atoms with E-state index in [4.69, 9.17) is 4.42 Å². The number of furan rings is 1. The van der Waals surface area contributed by atoms with Gasteiger partial charge in [-0.2, -0.15) is 0 Å². The second kappa shape index (κ2) is 7.21. The molecule has 29 heavy (non-hydrogen) atoms. The molecule has 0 atom stereocenters. The summed E-state index contributed by atoms with van der Waals surface area (Å²) in [5, 5.41) is 14.4. The van der Waals surface area contributed by atoms with Crippen LogP contribution in [0.2, 0.25) is 0 Å². The maximum atomic E-state index is 11.1. The van der Waals surface area contributed by atoms with Crippen molar-refractivity contribution in [3.63, 3.8) is 0 Å². The predicted molar refractivity (Wildman–Crippen MR) is 117 cm³/mol. The standard InChI is InChI=1S/C24H15NO3Se/c26-25(27)18-13-10-17(11-14-18)22-23-20-9-5-4-6-16(20)12-15-21(23)28-24(22)29-19-7-2-1-3-8-19/h1-15H. The third-order valence-electron chi connectivity index (χ3n) is 4.87. The van der Waals surface area contributed by atoms with Crippen LogP contribution in [0.4, 0.5) is 5.69 Å². The van der Waals surface area contributed by atoms with Gasteiger partial charge >= 0.3 is 173 Å². The second-order valence-electron chi connectivity index (χ2n) is 6.64. The Morgan fingerprint density at radius 3 is 2.28 bits per heavy atom. The first-order valence-electron chi connectivity index (χ1n) is 9.13. The van der Waals surface area contributed by atoms with Gasteiger partial charge in [0, 0.05) is 0 Å². The Morgan fingerprint density at radius 1 is 0.793 bits per heavy atom. The third kappa shape index (κ3) is 3.21. The van der Waals surface area contributed by atoms with E-state index in [0.29, 0.717) is 0 Å². The Labute approximate surface area is 173 Å². The van der Waals surface area contributed by atoms with Crippen molar-refractivity contribution in [3.05, 3.63) is 101 Å². The molecule has 4 nitrogen and oxygen atoms in total. The molecule has 0 fully saturated rings. The van der Waals surface area contributed by atoms with Crippen molar-refractivity contribution in [1.82, 2.24) is 0 Å². The van der Waals surface area contributed by atoms with Crippen LogP contribution in [0.15, 0.2) is 95.4 Å². The van der Waals surface area contributed by atoms with Crippen LogP contribution in [0.5, 0.6) is 0 Å². The number of non-ortho nitro benzene ring substituents is 1. The zero-order valence-electron chi connectivity index (χ0n) is 15.2. The molecule has 0 bridgehead atoms. The minimum absolute atomic E-state index is 0.0293. The first-order chi connectivity index (χ1) is 14.2. The number of nitro groups is 1. The molecule has 0 aliphatic rings. The van der Waals surface area contributed by atoms with Gasteiger partial charge in [-0.05, 0) is 0 Å². The number of hydrogen-bond donors (Lipinski definition) is 0. The van der Waals surface area contributed by atoms with Gasteiger partial charge in [0.1, 0.15) is 0 Å². The van der Waals surface area contributed by atoms with Crippen molar-refractivity contribution in [2.45, 2.75) is 0 Å². The van der Waals surface area contributed by atoms with Gasteiger partial charge < -0.3 is 0 Å². The van der Waals surface area contributed by atoms with Gasteiger partial charge in [0.05, 0.1) is 0 Å². The summed E-state index contributed by atoms with van der Waals surface area (Å²) in [5.74, 6) is 0. The van der Waals surface area contributed by atoms with E-state index in [1.807, 2.05) is 48.5 Å². The monoisotopic (exact) mass is 445 g/mol. The average Bonchev–Trinajstić information content (AvgIpc) is 3.13. The topological polar surface area (TPSA) is 56.3 Å². The predicted octanol–water partition coefficient (Wildman–Crippen LogP) is 4.82. The molecule has 4 aromatic carbocycles. The Kier molecular flexibility index (Phi) is 4.39. The van der Waals surface area contributed by atoms with Crippen molar-refractivity contribution in [2.75, 3.05) is 0 Å². The number of rotatable bonds is 4. The summed E-state index contributed by atoms with van der Waals surface area (Å²) < 4.78 is 8.47. The van der Waals surface area contributed by atoms with Crippen LogP contribution in [-0.2, 0) is 0 Å². The summed E-state index contributed by atoms with van der Waals surface area (Å²) in [6, 6.07) is 29.3. The number of fused-ring (bicyclic) bond motifs is 3. The molecular formula is C24H15NO3Se. The van der Waals surface area contributed by atoms with E-state index in [1.54, 1.807) is 12.1 Å². The van der Waals surface area contributed by atoms with Crippen molar-refractivity contribution in [3.8, 4) is 11.1 Å². The number of benzene rings is 4. The van der Waals surface area contributed by atoms with E-state index in [0.717, 1.165) is 37.5 Å². The molecule has 0 aliphatic carbocycles. The Morgan fingerprint density at radius 2 is 1.52 bits per heavy atom. The Balaban J connectivity index is 1.78. The van der Waals surface area contributed by atoms with Gasteiger partial charge in [0.2, 0.25) is 0 Å². The summed E-state index contributed by atoms with van der Waals surface area (Å²) in [5.41, 5.74) is 2.88. The Hall–Kier alpha value is -3.40. The van der Waals surface area contributed by atoms with Crippen LogP contribution in [0, 0.1) is 10.1 Å². The van der Waals surface area contributed by atoms with E-state index in [2.05, 4.69) is 30.3 Å². The molecule has 0 aliphatic heterocycles. The van der Waals surface area contributed by atoms with E-state index in [-0.39, 0.29) is 25.6 Å². The maximum absolute atomic E-state index is 11.1. The van der Waals surface area contributed by atoms with Gasteiger partial charge in [-0.15, -0.1) is 0 Å². The fourth-order valence-electron chi connectivity index (χ4n) is 3.53. The van der Waals surface area contributed by atoms with Gasteiger partial charge in [0.15, 0.2) is 0 Å². The molecule has 5 heteroatoms. The van der Waals surface area contributed by atoms with Crippen LogP contribution >= 0.6 is 0 Å². The molecule has 5 aromatic rings. The zero-order valence-corrected chi connectivity index (χ0v) is 17.0. The van der Waals surface area contributed by atoms with Crippen LogP contribution in [-0.4, -0.2) is 19.9 Å². The molecule has 0 N–H and O–H groups in total. The number of nitro benzene ring substituents is 1. The first-order valence-corrected chi connectivity index (χ1v) is 10.8. The third-order valence-corrected chi connectivity index (χ3v) is 6.93. The Bertz CT molecular complexity index is 1340. The van der Waals surface area contributed by atoms with Crippen LogP contribution in [0.1, 0.15) is 0 Å². The molecule has 0 radical (unpaired) electrons. The van der Waals surface area contributed by atoms with E-state index >= 15 is 0 Å². The van der Waals surface area contributed by atoms with Crippen molar-refractivity contribution in [1.29, 1.82) is 0 Å². The summed E-state index contributed by atoms with van der Waals surface area (Å²) in [6.45, 7) is 0. The summed E-state index contributed by atoms with van der Waals surface area (Å²) in [4.78, 5) is 10.7. The second-order valence-corrected chi connectivity index (χ2v) is 8.84. The van der Waals surface area contributed by atoms with Crippen LogP contribution in [0.3, 0.4) is 0 Å². The zero-order chi connectivity index (χ0) is 19.8. The molecule has 0 saturated carbocycles. The van der Waals surface area contributed by atoms with Crippen LogP contribution < -0.4 is 9.12 Å². The fraction of sp³-hybridized carbons (Fsp3) is 0. The van der Waals surface area contributed by atoms with Crippen molar-refractivity contribution < 1.29 is 9.34 Å². The van der Waals surface area contributed by atoms with Gasteiger partial charge in [-0.25, -0.2) is 0 Å². The molecule has 1 aromatic heterocycles. The quantitative estimate of drug-likeness (QED) is 0.227. The summed E-state index contributed by atoms with van der Waals surface area (Å²) >= 11 is -0.0293. The van der Waals surface area contributed by atoms with Crippen LogP contribution in [0.25, 0.3) is 32.9 Å². The minimum atomic E-state index is -0.374. The molecule has 0 amide bonds. The summed E-state index contributed by atoms with van der Waals surface area (Å²) in [6.07, 6.45) is 0. The van der Waals surface area contributed by atoms with E-state index in [9.17, 15) is 10.1 Å². The van der Waals surface area contributed by atoms with Crippen molar-refractivity contribution >= 4 is 51.5 Å². The molecule has 0 saturated heterocycles. The average molecular weight is 444 g/mol. The molecule has 0 spiro atoms. The molecular weight excluding hydrogens is 429 g/mol. The fourth-order valence-corrected chi connectivity index (χ4v) is 5.54. The number of hydrogen-bond acceptors (Lipinski definition) is 3. The van der Waals surface area contributed by atoms with E-state index < -0.39 is 0 Å². The van der Waals surface area contributed by atoms with Gasteiger partial charge in [0.25, 0.3) is 0 Å². The first kappa shape index (κ1) is 17.7. The summed E-state index contributed by atoms with van der Waals surface area (Å²) in [7, 11) is 0. The van der Waals surface area contributed by atoms with Gasteiger partial charge in [-0.1, -0.05) is 0 Å². The SMILES string of the molecule is O=[N+]([O-])c1ccc(-c2c([Se]c3ccccc3)oc3ccc4ccccc4c23)cc1.